The van der Waals surface area contributed by atoms with Crippen LogP contribution in [0.2, 0.25) is 0 Å². The fraction of sp³-hybridized carbons (Fsp3) is 0.556. The highest BCUT2D eigenvalue weighted by Gasteiger charge is 2.20. The van der Waals surface area contributed by atoms with Crippen molar-refractivity contribution in [2.75, 3.05) is 44.6 Å². The van der Waals surface area contributed by atoms with Crippen molar-refractivity contribution in [1.29, 1.82) is 0 Å². The largest absolute Gasteiger partial charge is 0.383 e. The van der Waals surface area contributed by atoms with E-state index in [-0.39, 0.29) is 11.5 Å². The molecule has 0 fully saturated rings. The highest BCUT2D eigenvalue weighted by Crippen LogP contribution is 2.24. The van der Waals surface area contributed by atoms with Crippen LogP contribution in [0.3, 0.4) is 0 Å². The zero-order chi connectivity index (χ0) is 12.8. The van der Waals surface area contributed by atoms with Gasteiger partial charge < -0.3 is 15.0 Å². The Hall–Kier alpha value is -1.96. The van der Waals surface area contributed by atoms with Gasteiger partial charge in [-0.15, -0.1) is 0 Å². The number of ether oxygens (including phenoxy) is 1. The van der Waals surface area contributed by atoms with Crippen LogP contribution in [0, 0.1) is 10.1 Å². The van der Waals surface area contributed by atoms with E-state index >= 15 is 0 Å². The summed E-state index contributed by atoms with van der Waals surface area (Å²) < 4.78 is 4.92. The summed E-state index contributed by atoms with van der Waals surface area (Å²) in [6.45, 7) is 0.976. The van der Waals surface area contributed by atoms with Crippen LogP contribution in [0.25, 0.3) is 0 Å². The molecule has 1 aromatic heterocycles. The number of hydrogen-bond donors (Lipinski definition) is 1. The minimum atomic E-state index is -0.502. The molecular weight excluding hydrogens is 226 g/mol. The van der Waals surface area contributed by atoms with Gasteiger partial charge in [0.2, 0.25) is 11.8 Å². The molecule has 94 valence electrons. The Bertz CT molecular complexity index is 398. The standard InChI is InChI=1S/C9H15N5O3/c1-10-9-11-6-7(14(15)16)8(12-9)13(2)4-5-17-3/h6H,4-5H2,1-3H3,(H,10,11,12). The Morgan fingerprint density at radius 2 is 2.35 bits per heavy atom. The maximum Gasteiger partial charge on any atom is 0.329 e. The quantitative estimate of drug-likeness (QED) is 0.572. The number of rotatable bonds is 6. The number of anilines is 2. The van der Waals surface area contributed by atoms with Gasteiger partial charge in [0.15, 0.2) is 0 Å². The van der Waals surface area contributed by atoms with Gasteiger partial charge in [-0.1, -0.05) is 0 Å². The second kappa shape index (κ2) is 5.94. The maximum absolute atomic E-state index is 10.8. The number of methoxy groups -OCH3 is 1. The molecule has 1 N–H and O–H groups in total. The summed E-state index contributed by atoms with van der Waals surface area (Å²) in [4.78, 5) is 19.9. The Kier molecular flexibility index (Phi) is 4.58. The summed E-state index contributed by atoms with van der Waals surface area (Å²) in [6, 6.07) is 0. The van der Waals surface area contributed by atoms with Crippen LogP contribution in [-0.2, 0) is 4.74 Å². The SMILES string of the molecule is CNc1ncc([N+](=O)[O-])c(N(C)CCOC)n1. The molecule has 0 unspecified atom stereocenters. The van der Waals surface area contributed by atoms with Crippen LogP contribution in [0.4, 0.5) is 17.5 Å². The van der Waals surface area contributed by atoms with Crippen molar-refractivity contribution in [1.82, 2.24) is 9.97 Å². The van der Waals surface area contributed by atoms with Crippen molar-refractivity contribution >= 4 is 17.5 Å². The van der Waals surface area contributed by atoms with E-state index in [2.05, 4.69) is 15.3 Å². The van der Waals surface area contributed by atoms with Crippen molar-refractivity contribution in [3.63, 3.8) is 0 Å². The summed E-state index contributed by atoms with van der Waals surface area (Å²) >= 11 is 0. The third-order valence-corrected chi connectivity index (χ3v) is 2.16. The van der Waals surface area contributed by atoms with Crippen molar-refractivity contribution in [3.05, 3.63) is 16.3 Å². The summed E-state index contributed by atoms with van der Waals surface area (Å²) in [5.41, 5.74) is -0.123. The minimum absolute atomic E-state index is 0.123. The van der Waals surface area contributed by atoms with Gasteiger partial charge in [0, 0.05) is 27.7 Å². The number of aromatic nitrogens is 2. The smallest absolute Gasteiger partial charge is 0.329 e. The fourth-order valence-corrected chi connectivity index (χ4v) is 1.23. The molecule has 8 nitrogen and oxygen atoms in total. The minimum Gasteiger partial charge on any atom is -0.383 e. The molecule has 0 radical (unpaired) electrons. The normalized spacial score (nSPS) is 10.1. The van der Waals surface area contributed by atoms with Gasteiger partial charge in [-0.05, 0) is 0 Å². The Labute approximate surface area is 98.8 Å². The molecule has 0 spiro atoms. The van der Waals surface area contributed by atoms with Crippen molar-refractivity contribution in [2.45, 2.75) is 0 Å². The van der Waals surface area contributed by atoms with Crippen LogP contribution in [0.1, 0.15) is 0 Å². The summed E-state index contributed by atoms with van der Waals surface area (Å²) in [5.74, 6) is 0.612. The monoisotopic (exact) mass is 241 g/mol. The lowest BCUT2D eigenvalue weighted by Crippen LogP contribution is -2.24. The molecule has 0 aliphatic heterocycles. The number of hydrogen-bond acceptors (Lipinski definition) is 7. The molecule has 0 aromatic carbocycles. The number of nitro groups is 1. The Morgan fingerprint density at radius 1 is 1.65 bits per heavy atom. The molecule has 1 rings (SSSR count). The summed E-state index contributed by atoms with van der Waals surface area (Å²) in [6.07, 6.45) is 1.19. The molecule has 0 aliphatic carbocycles. The third kappa shape index (κ3) is 3.25. The number of nitrogens with zero attached hydrogens (tertiary/aromatic N) is 4. The molecular formula is C9H15N5O3. The van der Waals surface area contributed by atoms with E-state index in [0.29, 0.717) is 19.1 Å². The van der Waals surface area contributed by atoms with Crippen LogP contribution < -0.4 is 10.2 Å². The predicted molar refractivity (Wildman–Crippen MR) is 63.4 cm³/mol. The van der Waals surface area contributed by atoms with Crippen molar-refractivity contribution < 1.29 is 9.66 Å². The molecule has 0 atom stereocenters. The first-order valence-corrected chi connectivity index (χ1v) is 4.99. The fourth-order valence-electron chi connectivity index (χ4n) is 1.23. The maximum atomic E-state index is 10.8. The average Bonchev–Trinajstić information content (AvgIpc) is 2.34. The molecule has 0 saturated carbocycles. The predicted octanol–water partition coefficient (Wildman–Crippen LogP) is 0.509. The average molecular weight is 241 g/mol. The highest BCUT2D eigenvalue weighted by atomic mass is 16.6. The molecule has 0 aliphatic rings. The molecule has 8 heteroatoms. The van der Waals surface area contributed by atoms with Gasteiger partial charge in [-0.2, -0.15) is 4.98 Å². The van der Waals surface area contributed by atoms with E-state index in [9.17, 15) is 10.1 Å². The third-order valence-electron chi connectivity index (χ3n) is 2.16. The van der Waals surface area contributed by atoms with Crippen LogP contribution in [0.5, 0.6) is 0 Å². The van der Waals surface area contributed by atoms with Gasteiger partial charge >= 0.3 is 5.69 Å². The van der Waals surface area contributed by atoms with E-state index in [4.69, 9.17) is 4.74 Å². The second-order valence-corrected chi connectivity index (χ2v) is 3.32. The lowest BCUT2D eigenvalue weighted by atomic mass is 10.4. The topological polar surface area (TPSA) is 93.4 Å². The van der Waals surface area contributed by atoms with Crippen LogP contribution >= 0.6 is 0 Å². The van der Waals surface area contributed by atoms with E-state index in [1.54, 1.807) is 26.1 Å². The van der Waals surface area contributed by atoms with Gasteiger partial charge in [0.05, 0.1) is 11.5 Å². The lowest BCUT2D eigenvalue weighted by Gasteiger charge is -2.17. The first kappa shape index (κ1) is 13.1. The Balaban J connectivity index is 3.03. The zero-order valence-corrected chi connectivity index (χ0v) is 10.0. The van der Waals surface area contributed by atoms with Gasteiger partial charge in [0.1, 0.15) is 6.20 Å². The van der Waals surface area contributed by atoms with Crippen molar-refractivity contribution in [3.8, 4) is 0 Å². The van der Waals surface area contributed by atoms with Gasteiger partial charge in [-0.25, -0.2) is 4.98 Å². The number of likely N-dealkylation sites (N-methyl/N-ethyl adjacent to an activating group) is 1. The van der Waals surface area contributed by atoms with Crippen molar-refractivity contribution in [2.24, 2.45) is 0 Å². The van der Waals surface area contributed by atoms with E-state index in [1.165, 1.54) is 6.20 Å². The molecule has 0 saturated heterocycles. The van der Waals surface area contributed by atoms with Crippen LogP contribution in [-0.4, -0.2) is 49.2 Å². The molecule has 0 amide bonds. The molecule has 0 bridgehead atoms. The lowest BCUT2D eigenvalue weighted by molar-refractivity contribution is -0.384. The van der Waals surface area contributed by atoms with Gasteiger partial charge in [0.25, 0.3) is 0 Å². The first-order chi connectivity index (χ1) is 8.10. The Morgan fingerprint density at radius 3 is 2.88 bits per heavy atom. The van der Waals surface area contributed by atoms with Crippen LogP contribution in [0.15, 0.2) is 6.20 Å². The van der Waals surface area contributed by atoms with Gasteiger partial charge in [-0.3, -0.25) is 10.1 Å². The molecule has 17 heavy (non-hydrogen) atoms. The number of nitrogens with one attached hydrogen (secondary N) is 1. The van der Waals surface area contributed by atoms with E-state index in [0.717, 1.165) is 0 Å². The summed E-state index contributed by atoms with van der Waals surface area (Å²) in [5, 5.41) is 13.6. The molecule has 1 aromatic rings. The first-order valence-electron chi connectivity index (χ1n) is 4.99. The zero-order valence-electron chi connectivity index (χ0n) is 10.0. The highest BCUT2D eigenvalue weighted by molar-refractivity contribution is 5.58. The van der Waals surface area contributed by atoms with E-state index < -0.39 is 4.92 Å². The summed E-state index contributed by atoms with van der Waals surface area (Å²) in [7, 11) is 4.94. The molecule has 1 heterocycles. The second-order valence-electron chi connectivity index (χ2n) is 3.32. The van der Waals surface area contributed by atoms with E-state index in [1.807, 2.05) is 0 Å².